The molecule has 0 saturated heterocycles. The molecule has 0 fully saturated rings. The van der Waals surface area contributed by atoms with Crippen LogP contribution in [0.1, 0.15) is 50.9 Å². The molecule has 1 aromatic rings. The van der Waals surface area contributed by atoms with Crippen LogP contribution in [0, 0.1) is 0 Å². The van der Waals surface area contributed by atoms with E-state index in [1.807, 2.05) is 6.92 Å². The summed E-state index contributed by atoms with van der Waals surface area (Å²) in [4.78, 5) is 0. The van der Waals surface area contributed by atoms with Crippen molar-refractivity contribution in [2.24, 2.45) is 5.73 Å². The van der Waals surface area contributed by atoms with Crippen molar-refractivity contribution >= 4 is 0 Å². The van der Waals surface area contributed by atoms with Crippen molar-refractivity contribution in [2.75, 3.05) is 0 Å². The van der Waals surface area contributed by atoms with Gasteiger partial charge < -0.3 is 10.2 Å². The van der Waals surface area contributed by atoms with Gasteiger partial charge in [0, 0.05) is 5.92 Å². The third-order valence-corrected chi connectivity index (χ3v) is 1.88. The molecule has 0 amide bonds. The maximum atomic E-state index is 5.57. The molecule has 12 heavy (non-hydrogen) atoms. The molecule has 2 N–H and O–H groups in total. The van der Waals surface area contributed by atoms with E-state index in [0.29, 0.717) is 17.7 Å². The van der Waals surface area contributed by atoms with Gasteiger partial charge in [-0.25, -0.2) is 0 Å². The van der Waals surface area contributed by atoms with Gasteiger partial charge in [-0.15, -0.1) is 10.2 Å². The second-order valence-electron chi connectivity index (χ2n) is 3.08. The normalized spacial score (nSPS) is 16.0. The van der Waals surface area contributed by atoms with Crippen molar-refractivity contribution in [3.05, 3.63) is 11.8 Å². The van der Waals surface area contributed by atoms with E-state index in [9.17, 15) is 0 Å². The SMILES string of the molecule is CC[C@H](C)c1nnc([C@H](C)N)o1. The summed E-state index contributed by atoms with van der Waals surface area (Å²) in [6.07, 6.45) is 1.00. The summed E-state index contributed by atoms with van der Waals surface area (Å²) in [5.41, 5.74) is 5.57. The highest BCUT2D eigenvalue weighted by Crippen LogP contribution is 2.18. The molecule has 0 radical (unpaired) electrons. The maximum absolute atomic E-state index is 5.57. The van der Waals surface area contributed by atoms with Gasteiger partial charge in [0.25, 0.3) is 0 Å². The Kier molecular flexibility index (Phi) is 2.81. The minimum Gasteiger partial charge on any atom is -0.423 e. The van der Waals surface area contributed by atoms with Gasteiger partial charge in [-0.1, -0.05) is 13.8 Å². The topological polar surface area (TPSA) is 64.9 Å². The van der Waals surface area contributed by atoms with Crippen LogP contribution < -0.4 is 5.73 Å². The van der Waals surface area contributed by atoms with Crippen LogP contribution in [0.2, 0.25) is 0 Å². The standard InChI is InChI=1S/C8H15N3O/c1-4-5(2)7-10-11-8(12-7)6(3)9/h5-6H,4,9H2,1-3H3/t5-,6-/m0/s1. The quantitative estimate of drug-likeness (QED) is 0.746. The summed E-state index contributed by atoms with van der Waals surface area (Å²) in [5.74, 6) is 1.53. The van der Waals surface area contributed by atoms with Gasteiger partial charge in [0.1, 0.15) is 0 Å². The number of rotatable bonds is 3. The number of hydrogen-bond donors (Lipinski definition) is 1. The molecule has 4 nitrogen and oxygen atoms in total. The van der Waals surface area contributed by atoms with Crippen molar-refractivity contribution in [3.8, 4) is 0 Å². The Labute approximate surface area is 72.2 Å². The summed E-state index contributed by atoms with van der Waals surface area (Å²) in [7, 11) is 0. The number of hydrogen-bond acceptors (Lipinski definition) is 4. The van der Waals surface area contributed by atoms with E-state index >= 15 is 0 Å². The van der Waals surface area contributed by atoms with Crippen LogP contribution in [-0.4, -0.2) is 10.2 Å². The zero-order chi connectivity index (χ0) is 9.14. The van der Waals surface area contributed by atoms with Crippen LogP contribution >= 0.6 is 0 Å². The van der Waals surface area contributed by atoms with Crippen LogP contribution in [-0.2, 0) is 0 Å². The van der Waals surface area contributed by atoms with E-state index in [1.54, 1.807) is 0 Å². The van der Waals surface area contributed by atoms with Gasteiger partial charge >= 0.3 is 0 Å². The largest absolute Gasteiger partial charge is 0.423 e. The first kappa shape index (κ1) is 9.19. The lowest BCUT2D eigenvalue weighted by atomic mass is 10.1. The van der Waals surface area contributed by atoms with E-state index in [0.717, 1.165) is 6.42 Å². The average Bonchev–Trinajstić information content (AvgIpc) is 2.51. The average molecular weight is 169 g/mol. The third-order valence-electron chi connectivity index (χ3n) is 1.88. The Balaban J connectivity index is 2.77. The molecule has 1 heterocycles. The monoisotopic (exact) mass is 169 g/mol. The van der Waals surface area contributed by atoms with Gasteiger partial charge in [0.2, 0.25) is 11.8 Å². The highest BCUT2D eigenvalue weighted by atomic mass is 16.4. The Morgan fingerprint density at radius 3 is 2.33 bits per heavy atom. The van der Waals surface area contributed by atoms with Crippen molar-refractivity contribution in [1.29, 1.82) is 0 Å². The van der Waals surface area contributed by atoms with Crippen LogP contribution in [0.3, 0.4) is 0 Å². The second kappa shape index (κ2) is 3.67. The lowest BCUT2D eigenvalue weighted by Crippen LogP contribution is -2.04. The fourth-order valence-electron chi connectivity index (χ4n) is 0.804. The zero-order valence-corrected chi connectivity index (χ0v) is 7.74. The second-order valence-corrected chi connectivity index (χ2v) is 3.08. The fraction of sp³-hybridized carbons (Fsp3) is 0.750. The highest BCUT2D eigenvalue weighted by molar-refractivity contribution is 4.91. The lowest BCUT2D eigenvalue weighted by molar-refractivity contribution is 0.402. The van der Waals surface area contributed by atoms with Gasteiger partial charge in [-0.3, -0.25) is 0 Å². The molecule has 0 aliphatic heterocycles. The first-order chi connectivity index (χ1) is 5.65. The molecule has 0 spiro atoms. The fourth-order valence-corrected chi connectivity index (χ4v) is 0.804. The molecule has 0 unspecified atom stereocenters. The number of nitrogens with two attached hydrogens (primary N) is 1. The molecule has 68 valence electrons. The Morgan fingerprint density at radius 1 is 1.33 bits per heavy atom. The molecule has 1 aromatic heterocycles. The first-order valence-electron chi connectivity index (χ1n) is 4.24. The van der Waals surface area contributed by atoms with Gasteiger partial charge in [0.05, 0.1) is 6.04 Å². The molecule has 0 aromatic carbocycles. The molecule has 1 rings (SSSR count). The minimum absolute atomic E-state index is 0.171. The van der Waals surface area contributed by atoms with E-state index in [2.05, 4.69) is 24.0 Å². The van der Waals surface area contributed by atoms with Crippen LogP contribution in [0.25, 0.3) is 0 Å². The molecule has 2 atom stereocenters. The van der Waals surface area contributed by atoms with Gasteiger partial charge in [-0.2, -0.15) is 0 Å². The van der Waals surface area contributed by atoms with Crippen molar-refractivity contribution in [2.45, 2.75) is 39.2 Å². The van der Waals surface area contributed by atoms with E-state index < -0.39 is 0 Å². The van der Waals surface area contributed by atoms with E-state index in [-0.39, 0.29) is 6.04 Å². The molecule has 0 aliphatic rings. The number of aromatic nitrogens is 2. The van der Waals surface area contributed by atoms with E-state index in [4.69, 9.17) is 10.2 Å². The van der Waals surface area contributed by atoms with E-state index in [1.165, 1.54) is 0 Å². The minimum atomic E-state index is -0.171. The van der Waals surface area contributed by atoms with Crippen LogP contribution in [0.5, 0.6) is 0 Å². The smallest absolute Gasteiger partial charge is 0.232 e. The third kappa shape index (κ3) is 1.82. The van der Waals surface area contributed by atoms with Crippen molar-refractivity contribution in [3.63, 3.8) is 0 Å². The van der Waals surface area contributed by atoms with Gasteiger partial charge in [-0.05, 0) is 13.3 Å². The zero-order valence-electron chi connectivity index (χ0n) is 7.74. The molecular weight excluding hydrogens is 154 g/mol. The molecule has 0 bridgehead atoms. The molecule has 4 heteroatoms. The Hall–Kier alpha value is -0.900. The molecule has 0 aliphatic carbocycles. The Morgan fingerprint density at radius 2 is 1.92 bits per heavy atom. The highest BCUT2D eigenvalue weighted by Gasteiger charge is 2.13. The molecule has 0 saturated carbocycles. The predicted molar refractivity (Wildman–Crippen MR) is 45.6 cm³/mol. The summed E-state index contributed by atoms with van der Waals surface area (Å²) < 4.78 is 5.35. The van der Waals surface area contributed by atoms with Crippen LogP contribution in [0.15, 0.2) is 4.42 Å². The summed E-state index contributed by atoms with van der Waals surface area (Å²) in [6, 6.07) is -0.171. The number of nitrogens with zero attached hydrogens (tertiary/aromatic N) is 2. The lowest BCUT2D eigenvalue weighted by Gasteiger charge is -2.00. The van der Waals surface area contributed by atoms with Crippen molar-refractivity contribution < 1.29 is 4.42 Å². The summed E-state index contributed by atoms with van der Waals surface area (Å²) in [6.45, 7) is 5.97. The summed E-state index contributed by atoms with van der Waals surface area (Å²) in [5, 5.41) is 7.75. The summed E-state index contributed by atoms with van der Waals surface area (Å²) >= 11 is 0. The maximum Gasteiger partial charge on any atom is 0.232 e. The van der Waals surface area contributed by atoms with Gasteiger partial charge in [0.15, 0.2) is 0 Å². The Bertz CT molecular complexity index is 244. The van der Waals surface area contributed by atoms with Crippen LogP contribution in [0.4, 0.5) is 0 Å². The predicted octanol–water partition coefficient (Wildman–Crippen LogP) is 1.60. The molecular formula is C8H15N3O. The van der Waals surface area contributed by atoms with Crippen molar-refractivity contribution in [1.82, 2.24) is 10.2 Å². The first-order valence-corrected chi connectivity index (χ1v) is 4.24.